The molecule has 142 valence electrons. The van der Waals surface area contributed by atoms with Crippen molar-refractivity contribution in [3.05, 3.63) is 30.1 Å². The predicted octanol–water partition coefficient (Wildman–Crippen LogP) is 3.03. The van der Waals surface area contributed by atoms with Gasteiger partial charge in [0.2, 0.25) is 11.8 Å². The van der Waals surface area contributed by atoms with Crippen LogP contribution in [0.15, 0.2) is 29.4 Å². The standard InChI is InChI=1S/C19H23N5O2S/c1-2-23-18(13-9-10-13)21-22-19(23)27-12-16(25)20-14-6-3-4-7-15(14)24-11-5-8-17(24)26/h3-4,6-7,13H,2,5,8-12H2,1H3,(H,20,25). The number of hydrogen-bond donors (Lipinski definition) is 1. The maximum Gasteiger partial charge on any atom is 0.234 e. The van der Waals surface area contributed by atoms with Crippen molar-refractivity contribution in [2.75, 3.05) is 22.5 Å². The number of aromatic nitrogens is 3. The quantitative estimate of drug-likeness (QED) is 0.741. The minimum atomic E-state index is -0.113. The molecule has 1 N–H and O–H groups in total. The van der Waals surface area contributed by atoms with Crippen LogP contribution in [0.4, 0.5) is 11.4 Å². The molecule has 2 aliphatic rings. The van der Waals surface area contributed by atoms with Crippen LogP contribution in [0.1, 0.15) is 44.3 Å². The normalized spacial score (nSPS) is 16.8. The average Bonchev–Trinajstić information content (AvgIpc) is 3.30. The summed E-state index contributed by atoms with van der Waals surface area (Å²) in [5, 5.41) is 12.3. The first-order valence-electron chi connectivity index (χ1n) is 9.42. The SMILES string of the molecule is CCn1c(SCC(=O)Nc2ccccc2N2CCCC2=O)nnc1C1CC1. The van der Waals surface area contributed by atoms with E-state index in [2.05, 4.69) is 27.0 Å². The highest BCUT2D eigenvalue weighted by atomic mass is 32.2. The fourth-order valence-corrected chi connectivity index (χ4v) is 4.19. The Kier molecular flexibility index (Phi) is 5.15. The van der Waals surface area contributed by atoms with Gasteiger partial charge in [0.25, 0.3) is 0 Å². The molecule has 4 rings (SSSR count). The van der Waals surface area contributed by atoms with E-state index in [-0.39, 0.29) is 17.6 Å². The van der Waals surface area contributed by atoms with Crippen molar-refractivity contribution in [3.8, 4) is 0 Å². The van der Waals surface area contributed by atoms with Crippen LogP contribution >= 0.6 is 11.8 Å². The number of hydrogen-bond acceptors (Lipinski definition) is 5. The molecule has 2 aromatic rings. The molecule has 2 heterocycles. The van der Waals surface area contributed by atoms with Crippen molar-refractivity contribution in [2.45, 2.75) is 50.2 Å². The Morgan fingerprint density at radius 3 is 2.81 bits per heavy atom. The third-order valence-electron chi connectivity index (χ3n) is 4.88. The molecular formula is C19H23N5O2S. The Morgan fingerprint density at radius 2 is 2.11 bits per heavy atom. The third-order valence-corrected chi connectivity index (χ3v) is 5.85. The minimum absolute atomic E-state index is 0.106. The summed E-state index contributed by atoms with van der Waals surface area (Å²) in [4.78, 5) is 26.3. The van der Waals surface area contributed by atoms with Gasteiger partial charge in [-0.3, -0.25) is 9.59 Å². The topological polar surface area (TPSA) is 80.1 Å². The van der Waals surface area contributed by atoms with Crippen molar-refractivity contribution >= 4 is 35.0 Å². The van der Waals surface area contributed by atoms with E-state index < -0.39 is 0 Å². The van der Waals surface area contributed by atoms with Gasteiger partial charge in [-0.05, 0) is 38.3 Å². The monoisotopic (exact) mass is 385 g/mol. The van der Waals surface area contributed by atoms with Crippen LogP contribution < -0.4 is 10.2 Å². The number of nitrogens with one attached hydrogen (secondary N) is 1. The number of carbonyl (C=O) groups is 2. The summed E-state index contributed by atoms with van der Waals surface area (Å²) < 4.78 is 2.10. The lowest BCUT2D eigenvalue weighted by Crippen LogP contribution is -2.26. The average molecular weight is 385 g/mol. The van der Waals surface area contributed by atoms with Crippen molar-refractivity contribution in [1.82, 2.24) is 14.8 Å². The van der Waals surface area contributed by atoms with E-state index in [0.717, 1.165) is 29.6 Å². The Labute approximate surface area is 162 Å². The Balaban J connectivity index is 1.41. The number of amides is 2. The molecule has 0 spiro atoms. The second-order valence-electron chi connectivity index (χ2n) is 6.86. The molecule has 2 fully saturated rings. The van der Waals surface area contributed by atoms with Gasteiger partial charge in [0.1, 0.15) is 5.82 Å². The van der Waals surface area contributed by atoms with Gasteiger partial charge in [-0.1, -0.05) is 23.9 Å². The number of nitrogens with zero attached hydrogens (tertiary/aromatic N) is 4. The summed E-state index contributed by atoms with van der Waals surface area (Å²) in [5.41, 5.74) is 1.44. The largest absolute Gasteiger partial charge is 0.324 e. The van der Waals surface area contributed by atoms with Crippen molar-refractivity contribution < 1.29 is 9.59 Å². The molecule has 2 amide bonds. The molecule has 1 aliphatic carbocycles. The lowest BCUT2D eigenvalue weighted by atomic mass is 10.2. The number of thioether (sulfide) groups is 1. The maximum absolute atomic E-state index is 12.5. The number of carbonyl (C=O) groups excluding carboxylic acids is 2. The highest BCUT2D eigenvalue weighted by Gasteiger charge is 2.30. The number of anilines is 2. The van der Waals surface area contributed by atoms with Gasteiger partial charge in [0.15, 0.2) is 5.16 Å². The van der Waals surface area contributed by atoms with Gasteiger partial charge in [0.05, 0.1) is 17.1 Å². The summed E-state index contributed by atoms with van der Waals surface area (Å²) in [5.74, 6) is 1.82. The first-order valence-corrected chi connectivity index (χ1v) is 10.4. The fourth-order valence-electron chi connectivity index (χ4n) is 3.38. The van der Waals surface area contributed by atoms with E-state index in [0.29, 0.717) is 24.6 Å². The number of benzene rings is 1. The smallest absolute Gasteiger partial charge is 0.234 e. The van der Waals surface area contributed by atoms with E-state index in [4.69, 9.17) is 0 Å². The van der Waals surface area contributed by atoms with Crippen molar-refractivity contribution in [3.63, 3.8) is 0 Å². The molecule has 0 atom stereocenters. The molecule has 1 aromatic carbocycles. The van der Waals surface area contributed by atoms with Crippen LogP contribution in [-0.2, 0) is 16.1 Å². The molecular weight excluding hydrogens is 362 g/mol. The summed E-state index contributed by atoms with van der Waals surface area (Å²) >= 11 is 1.40. The highest BCUT2D eigenvalue weighted by Crippen LogP contribution is 2.40. The van der Waals surface area contributed by atoms with E-state index in [1.807, 2.05) is 24.3 Å². The number of rotatable bonds is 7. The van der Waals surface area contributed by atoms with Gasteiger partial charge >= 0.3 is 0 Å². The molecule has 1 aromatic heterocycles. The predicted molar refractivity (Wildman–Crippen MR) is 105 cm³/mol. The van der Waals surface area contributed by atoms with Crippen LogP contribution in [0.25, 0.3) is 0 Å². The zero-order chi connectivity index (χ0) is 18.8. The summed E-state index contributed by atoms with van der Waals surface area (Å²) in [6, 6.07) is 7.46. The minimum Gasteiger partial charge on any atom is -0.324 e. The van der Waals surface area contributed by atoms with E-state index in [1.165, 1.54) is 24.6 Å². The first kappa shape index (κ1) is 18.0. The van der Waals surface area contributed by atoms with Gasteiger partial charge in [-0.25, -0.2) is 0 Å². The van der Waals surface area contributed by atoms with E-state index in [1.54, 1.807) is 4.90 Å². The Hall–Kier alpha value is -2.35. The van der Waals surface area contributed by atoms with Crippen LogP contribution in [0.3, 0.4) is 0 Å². The summed E-state index contributed by atoms with van der Waals surface area (Å²) in [7, 11) is 0. The van der Waals surface area contributed by atoms with Gasteiger partial charge in [-0.15, -0.1) is 10.2 Å². The highest BCUT2D eigenvalue weighted by molar-refractivity contribution is 7.99. The molecule has 8 heteroatoms. The molecule has 1 saturated carbocycles. The lowest BCUT2D eigenvalue weighted by Gasteiger charge is -2.19. The van der Waals surface area contributed by atoms with Gasteiger partial charge < -0.3 is 14.8 Å². The molecule has 27 heavy (non-hydrogen) atoms. The third kappa shape index (κ3) is 3.85. The molecule has 7 nitrogen and oxygen atoms in total. The maximum atomic E-state index is 12.5. The van der Waals surface area contributed by atoms with Crippen LogP contribution in [0.5, 0.6) is 0 Å². The zero-order valence-electron chi connectivity index (χ0n) is 15.4. The Morgan fingerprint density at radius 1 is 1.30 bits per heavy atom. The molecule has 0 unspecified atom stereocenters. The second-order valence-corrected chi connectivity index (χ2v) is 7.80. The zero-order valence-corrected chi connectivity index (χ0v) is 16.2. The second kappa shape index (κ2) is 7.72. The van der Waals surface area contributed by atoms with E-state index >= 15 is 0 Å². The van der Waals surface area contributed by atoms with Crippen LogP contribution in [0, 0.1) is 0 Å². The number of para-hydroxylation sites is 2. The Bertz CT molecular complexity index is 862. The molecule has 0 bridgehead atoms. The van der Waals surface area contributed by atoms with Crippen molar-refractivity contribution in [1.29, 1.82) is 0 Å². The first-order chi connectivity index (χ1) is 13.2. The molecule has 1 saturated heterocycles. The van der Waals surface area contributed by atoms with Gasteiger partial charge in [-0.2, -0.15) is 0 Å². The lowest BCUT2D eigenvalue weighted by molar-refractivity contribution is -0.117. The van der Waals surface area contributed by atoms with Crippen LogP contribution in [0.2, 0.25) is 0 Å². The van der Waals surface area contributed by atoms with E-state index in [9.17, 15) is 9.59 Å². The van der Waals surface area contributed by atoms with Gasteiger partial charge in [0, 0.05) is 25.4 Å². The fraction of sp³-hybridized carbons (Fsp3) is 0.474. The summed E-state index contributed by atoms with van der Waals surface area (Å²) in [6.45, 7) is 3.58. The summed E-state index contributed by atoms with van der Waals surface area (Å²) in [6.07, 6.45) is 3.77. The molecule has 0 radical (unpaired) electrons. The van der Waals surface area contributed by atoms with Crippen molar-refractivity contribution in [2.24, 2.45) is 0 Å². The van der Waals surface area contributed by atoms with Crippen LogP contribution in [-0.4, -0.2) is 38.9 Å². The molecule has 1 aliphatic heterocycles.